The molecule has 5 atom stereocenters. The lowest BCUT2D eigenvalue weighted by Crippen LogP contribution is -2.24. The number of nitrogens with zero attached hydrogens (tertiary/aromatic N) is 3. The second kappa shape index (κ2) is 4.98. The van der Waals surface area contributed by atoms with Crippen molar-refractivity contribution in [1.82, 2.24) is 14.8 Å². The number of ether oxygens (including phenoxy) is 1. The summed E-state index contributed by atoms with van der Waals surface area (Å²) in [6.07, 6.45) is 2.35. The normalized spacial score (nSPS) is 35.6. The lowest BCUT2D eigenvalue weighted by molar-refractivity contribution is -0.0494. The van der Waals surface area contributed by atoms with Gasteiger partial charge in [-0.15, -0.1) is 0 Å². The van der Waals surface area contributed by atoms with E-state index in [-0.39, 0.29) is 23.0 Å². The molecule has 6 rings (SSSR count). The van der Waals surface area contributed by atoms with Crippen LogP contribution in [0.1, 0.15) is 38.9 Å². The third kappa shape index (κ3) is 2.07. The van der Waals surface area contributed by atoms with Crippen LogP contribution in [0.3, 0.4) is 0 Å². The maximum absolute atomic E-state index is 12.6. The van der Waals surface area contributed by atoms with Crippen molar-refractivity contribution in [2.24, 2.45) is 17.8 Å². The zero-order chi connectivity index (χ0) is 19.3. The number of nitrogen functional groups attached to an aromatic ring is 1. The minimum absolute atomic E-state index is 0.0303. The van der Waals surface area contributed by atoms with Crippen LogP contribution >= 0.6 is 0 Å². The quantitative estimate of drug-likeness (QED) is 0.838. The Morgan fingerprint density at radius 2 is 2.11 bits per heavy atom. The molecule has 0 aromatic carbocycles. The Morgan fingerprint density at radius 1 is 1.37 bits per heavy atom. The molecular weight excluding hydrogens is 354 g/mol. The first-order valence-electron chi connectivity index (χ1n) is 9.21. The van der Waals surface area contributed by atoms with Crippen LogP contribution < -0.4 is 10.5 Å². The molecule has 4 saturated carbocycles. The van der Waals surface area contributed by atoms with Gasteiger partial charge < -0.3 is 15.6 Å². The van der Waals surface area contributed by atoms with Gasteiger partial charge in [-0.2, -0.15) is 13.9 Å². The van der Waals surface area contributed by atoms with Crippen molar-refractivity contribution < 1.29 is 18.6 Å². The Bertz CT molecular complexity index is 936. The van der Waals surface area contributed by atoms with E-state index in [1.807, 2.05) is 17.7 Å². The highest BCUT2D eigenvalue weighted by atomic mass is 19.3. The minimum Gasteiger partial charge on any atom is -0.431 e. The Hall–Kier alpha value is -2.22. The van der Waals surface area contributed by atoms with E-state index in [0.29, 0.717) is 29.0 Å². The third-order valence-electron chi connectivity index (χ3n) is 6.62. The molecule has 0 radical (unpaired) electrons. The molecule has 0 spiro atoms. The van der Waals surface area contributed by atoms with E-state index in [2.05, 4.69) is 23.6 Å². The van der Waals surface area contributed by atoms with Crippen LogP contribution in [-0.2, 0) is 5.41 Å². The Labute approximate surface area is 155 Å². The lowest BCUT2D eigenvalue weighted by Gasteiger charge is -2.18. The first-order chi connectivity index (χ1) is 12.7. The maximum Gasteiger partial charge on any atom is 0.387 e. The van der Waals surface area contributed by atoms with Crippen molar-refractivity contribution in [3.05, 3.63) is 24.0 Å². The highest BCUT2D eigenvalue weighted by Gasteiger charge is 2.96. The summed E-state index contributed by atoms with van der Waals surface area (Å²) in [6.45, 7) is 3.07. The zero-order valence-electron chi connectivity index (χ0n) is 15.4. The summed E-state index contributed by atoms with van der Waals surface area (Å²) in [4.78, 5) is 3.98. The molecule has 144 valence electrons. The number of aliphatic hydroxyl groups is 1. The fourth-order valence-electron chi connectivity index (χ4n) is 5.62. The molecule has 3 N–H and O–H groups in total. The SMILES string of the molecule is CC(C)n1nc(-c2cnc(N)c(OC(F)F)c2)cc1[C@@]12[C@@H]3[C@H]1CC(C)(O)[C@@H]32. The van der Waals surface area contributed by atoms with Crippen molar-refractivity contribution in [3.8, 4) is 17.0 Å². The van der Waals surface area contributed by atoms with E-state index in [0.717, 1.165) is 12.1 Å². The summed E-state index contributed by atoms with van der Waals surface area (Å²) in [5.74, 6) is 1.11. The fourth-order valence-corrected chi connectivity index (χ4v) is 5.62. The number of aromatic nitrogens is 3. The number of rotatable bonds is 5. The number of halogens is 2. The van der Waals surface area contributed by atoms with Gasteiger partial charge >= 0.3 is 6.61 Å². The molecule has 1 unspecified atom stereocenters. The van der Waals surface area contributed by atoms with Crippen molar-refractivity contribution in [2.45, 2.75) is 50.9 Å². The van der Waals surface area contributed by atoms with E-state index >= 15 is 0 Å². The average molecular weight is 376 g/mol. The molecule has 8 heteroatoms. The fraction of sp³-hybridized carbons (Fsp3) is 0.579. The molecular formula is C19H22F2N4O2. The Balaban J connectivity index is 1.55. The van der Waals surface area contributed by atoms with Gasteiger partial charge in [0.1, 0.15) is 0 Å². The van der Waals surface area contributed by atoms with E-state index in [4.69, 9.17) is 10.8 Å². The molecule has 0 amide bonds. The van der Waals surface area contributed by atoms with E-state index in [1.165, 1.54) is 12.3 Å². The molecule has 0 aliphatic heterocycles. The Kier molecular flexibility index (Phi) is 3.12. The molecule has 27 heavy (non-hydrogen) atoms. The number of fused-ring (bicyclic) bond motifs is 1. The Morgan fingerprint density at radius 3 is 2.67 bits per heavy atom. The molecule has 2 aromatic heterocycles. The highest BCUT2D eigenvalue weighted by molar-refractivity contribution is 5.66. The van der Waals surface area contributed by atoms with Gasteiger partial charge in [-0.1, -0.05) is 0 Å². The van der Waals surface area contributed by atoms with Crippen LogP contribution in [0.5, 0.6) is 5.75 Å². The number of hydrogen-bond acceptors (Lipinski definition) is 5. The monoisotopic (exact) mass is 376 g/mol. The van der Waals surface area contributed by atoms with Crippen molar-refractivity contribution >= 4 is 5.82 Å². The highest BCUT2D eigenvalue weighted by Crippen LogP contribution is 2.93. The van der Waals surface area contributed by atoms with Gasteiger partial charge in [0.15, 0.2) is 11.6 Å². The first kappa shape index (κ1) is 16.9. The minimum atomic E-state index is -2.97. The first-order valence-corrected chi connectivity index (χ1v) is 9.21. The molecule has 2 bridgehead atoms. The summed E-state index contributed by atoms with van der Waals surface area (Å²) in [5.41, 5.74) is 7.41. The number of hydrogen-bond donors (Lipinski definition) is 2. The van der Waals surface area contributed by atoms with Gasteiger partial charge in [-0.05, 0) is 51.2 Å². The summed E-state index contributed by atoms with van der Waals surface area (Å²) in [5, 5.41) is 15.3. The van der Waals surface area contributed by atoms with Crippen molar-refractivity contribution in [1.29, 1.82) is 0 Å². The predicted octanol–water partition coefficient (Wildman–Crippen LogP) is 2.98. The summed E-state index contributed by atoms with van der Waals surface area (Å²) in [6, 6.07) is 3.60. The summed E-state index contributed by atoms with van der Waals surface area (Å²) >= 11 is 0. The second-order valence-corrected chi connectivity index (χ2v) is 8.54. The second-order valence-electron chi connectivity index (χ2n) is 8.54. The number of anilines is 1. The number of pyridine rings is 1. The van der Waals surface area contributed by atoms with Crippen LogP contribution in [0.15, 0.2) is 18.3 Å². The topological polar surface area (TPSA) is 86.2 Å². The molecule has 2 aromatic rings. The molecule has 2 heterocycles. The van der Waals surface area contributed by atoms with Crippen LogP contribution in [0.2, 0.25) is 0 Å². The van der Waals surface area contributed by atoms with Gasteiger partial charge in [0.2, 0.25) is 0 Å². The van der Waals surface area contributed by atoms with Crippen LogP contribution in [-0.4, -0.2) is 32.1 Å². The maximum atomic E-state index is 12.6. The molecule has 4 fully saturated rings. The predicted molar refractivity (Wildman–Crippen MR) is 94.3 cm³/mol. The molecule has 4 aliphatic carbocycles. The van der Waals surface area contributed by atoms with Crippen LogP contribution in [0.25, 0.3) is 11.3 Å². The average Bonchev–Trinajstić information content (AvgIpc) is 3.23. The third-order valence-corrected chi connectivity index (χ3v) is 6.62. The van der Waals surface area contributed by atoms with Crippen LogP contribution in [0.4, 0.5) is 14.6 Å². The molecule has 4 aliphatic rings. The van der Waals surface area contributed by atoms with Crippen molar-refractivity contribution in [3.63, 3.8) is 0 Å². The standard InChI is InChI=1S/C19H22F2N4O2/c1-8(2)25-13(19-10-6-18(3,26)15(19)14(10)19)5-11(24-25)9-4-12(27-17(20)21)16(22)23-7-9/h4-5,7-8,10,14-15,17,26H,6H2,1-3H3,(H2,22,23)/t10-,14-,15-,18?,19-/m1/s1. The zero-order valence-corrected chi connectivity index (χ0v) is 15.4. The largest absolute Gasteiger partial charge is 0.431 e. The number of alkyl halides is 2. The smallest absolute Gasteiger partial charge is 0.387 e. The number of nitrogens with two attached hydrogens (primary N) is 1. The molecule has 6 nitrogen and oxygen atoms in total. The van der Waals surface area contributed by atoms with Gasteiger partial charge in [-0.3, -0.25) is 4.68 Å². The molecule has 0 saturated heterocycles. The summed E-state index contributed by atoms with van der Waals surface area (Å²) < 4.78 is 31.6. The van der Waals surface area contributed by atoms with Gasteiger partial charge in [-0.25, -0.2) is 4.98 Å². The summed E-state index contributed by atoms with van der Waals surface area (Å²) in [7, 11) is 0. The van der Waals surface area contributed by atoms with Crippen LogP contribution in [0, 0.1) is 17.8 Å². The van der Waals surface area contributed by atoms with E-state index in [1.54, 1.807) is 0 Å². The van der Waals surface area contributed by atoms with E-state index in [9.17, 15) is 13.9 Å². The lowest BCUT2D eigenvalue weighted by atomic mass is 9.97. The van der Waals surface area contributed by atoms with Gasteiger partial charge in [0.05, 0.1) is 11.3 Å². The van der Waals surface area contributed by atoms with E-state index < -0.39 is 12.2 Å². The van der Waals surface area contributed by atoms with Crippen molar-refractivity contribution in [2.75, 3.05) is 5.73 Å². The van der Waals surface area contributed by atoms with Gasteiger partial charge in [0, 0.05) is 34.8 Å². The van der Waals surface area contributed by atoms with Gasteiger partial charge in [0.25, 0.3) is 0 Å².